The topological polar surface area (TPSA) is 71.1 Å². The Balaban J connectivity index is 1.44. The highest BCUT2D eigenvalue weighted by molar-refractivity contribution is 5.84. The van der Waals surface area contributed by atoms with Gasteiger partial charge in [-0.1, -0.05) is 18.2 Å². The number of urea groups is 1. The molecule has 2 fully saturated rings. The summed E-state index contributed by atoms with van der Waals surface area (Å²) < 4.78 is 63.1. The van der Waals surface area contributed by atoms with Gasteiger partial charge in [-0.05, 0) is 42.3 Å². The molecule has 2 saturated heterocycles. The summed E-state index contributed by atoms with van der Waals surface area (Å²) in [4.78, 5) is 28.8. The van der Waals surface area contributed by atoms with E-state index in [0.29, 0.717) is 51.4 Å². The SMILES string of the molecule is O=C(Nc1cccc(F)c1)OCC1CC(c2ccc(C(F)(F)F)cc2)CN(C(=O)N2CCOCC2)C1. The fraction of sp³-hybridized carbons (Fsp3) is 0.440. The molecule has 0 spiro atoms. The van der Waals surface area contributed by atoms with Crippen molar-refractivity contribution in [1.29, 1.82) is 0 Å². The fourth-order valence-corrected chi connectivity index (χ4v) is 4.53. The molecule has 2 atom stereocenters. The summed E-state index contributed by atoms with van der Waals surface area (Å²) in [6.07, 6.45) is -4.68. The molecule has 2 heterocycles. The normalized spacial score (nSPS) is 20.7. The highest BCUT2D eigenvalue weighted by Gasteiger charge is 2.35. The first kappa shape index (κ1) is 25.7. The van der Waals surface area contributed by atoms with Crippen molar-refractivity contribution in [2.75, 3.05) is 51.3 Å². The molecule has 0 radical (unpaired) electrons. The van der Waals surface area contributed by atoms with Crippen molar-refractivity contribution >= 4 is 17.8 Å². The Morgan fingerprint density at radius 3 is 2.42 bits per heavy atom. The van der Waals surface area contributed by atoms with Gasteiger partial charge in [0.1, 0.15) is 5.82 Å². The first-order valence-corrected chi connectivity index (χ1v) is 11.7. The molecular weight excluding hydrogens is 482 g/mol. The minimum Gasteiger partial charge on any atom is -0.449 e. The number of morpholine rings is 1. The Morgan fingerprint density at radius 2 is 1.75 bits per heavy atom. The zero-order valence-corrected chi connectivity index (χ0v) is 19.5. The van der Waals surface area contributed by atoms with Crippen molar-refractivity contribution in [3.63, 3.8) is 0 Å². The fourth-order valence-electron chi connectivity index (χ4n) is 4.53. The number of hydrogen-bond donors (Lipinski definition) is 1. The highest BCUT2D eigenvalue weighted by Crippen LogP contribution is 2.34. The van der Waals surface area contributed by atoms with Gasteiger partial charge in [0.2, 0.25) is 0 Å². The summed E-state index contributed by atoms with van der Waals surface area (Å²) in [5, 5.41) is 2.46. The molecule has 4 rings (SSSR count). The minimum atomic E-state index is -4.44. The van der Waals surface area contributed by atoms with Gasteiger partial charge in [-0.15, -0.1) is 0 Å². The molecule has 0 aromatic heterocycles. The Kier molecular flexibility index (Phi) is 7.97. The number of carbonyl (C=O) groups excluding carboxylic acids is 2. The van der Waals surface area contributed by atoms with E-state index < -0.39 is 23.7 Å². The van der Waals surface area contributed by atoms with Gasteiger partial charge in [-0.2, -0.15) is 13.2 Å². The number of alkyl halides is 3. The van der Waals surface area contributed by atoms with Crippen molar-refractivity contribution < 1.29 is 36.6 Å². The summed E-state index contributed by atoms with van der Waals surface area (Å²) in [6.45, 7) is 2.46. The van der Waals surface area contributed by atoms with Gasteiger partial charge in [-0.25, -0.2) is 14.0 Å². The second-order valence-electron chi connectivity index (χ2n) is 8.94. The van der Waals surface area contributed by atoms with Crippen LogP contribution in [0.25, 0.3) is 0 Å². The van der Waals surface area contributed by atoms with E-state index in [1.165, 1.54) is 30.3 Å². The lowest BCUT2D eigenvalue weighted by Crippen LogP contribution is -2.52. The van der Waals surface area contributed by atoms with Crippen molar-refractivity contribution in [2.24, 2.45) is 5.92 Å². The van der Waals surface area contributed by atoms with Crippen LogP contribution >= 0.6 is 0 Å². The van der Waals surface area contributed by atoms with Gasteiger partial charge < -0.3 is 19.3 Å². The van der Waals surface area contributed by atoms with Gasteiger partial charge >= 0.3 is 18.3 Å². The molecule has 3 amide bonds. The molecule has 2 aromatic rings. The van der Waals surface area contributed by atoms with Crippen LogP contribution in [-0.4, -0.2) is 67.9 Å². The number of halogens is 4. The molecule has 11 heteroatoms. The molecule has 7 nitrogen and oxygen atoms in total. The molecule has 0 bridgehead atoms. The monoisotopic (exact) mass is 509 g/mol. The zero-order chi connectivity index (χ0) is 25.7. The summed E-state index contributed by atoms with van der Waals surface area (Å²) in [5.41, 5.74) is 0.185. The summed E-state index contributed by atoms with van der Waals surface area (Å²) in [7, 11) is 0. The van der Waals surface area contributed by atoms with E-state index in [0.717, 1.165) is 18.2 Å². The predicted molar refractivity (Wildman–Crippen MR) is 123 cm³/mol. The molecule has 2 aliphatic rings. The van der Waals surface area contributed by atoms with E-state index in [1.807, 2.05) is 0 Å². The quantitative estimate of drug-likeness (QED) is 0.592. The number of hydrogen-bond acceptors (Lipinski definition) is 4. The zero-order valence-electron chi connectivity index (χ0n) is 19.5. The van der Waals surface area contributed by atoms with Crippen molar-refractivity contribution in [3.05, 3.63) is 65.5 Å². The van der Waals surface area contributed by atoms with Crippen molar-refractivity contribution in [1.82, 2.24) is 9.80 Å². The van der Waals surface area contributed by atoms with Gasteiger partial charge in [-0.3, -0.25) is 5.32 Å². The van der Waals surface area contributed by atoms with Crippen LogP contribution in [0.1, 0.15) is 23.5 Å². The molecule has 36 heavy (non-hydrogen) atoms. The van der Waals surface area contributed by atoms with Crippen LogP contribution in [0.2, 0.25) is 0 Å². The van der Waals surface area contributed by atoms with E-state index in [1.54, 1.807) is 9.80 Å². The van der Waals surface area contributed by atoms with E-state index in [9.17, 15) is 27.2 Å². The molecule has 194 valence electrons. The van der Waals surface area contributed by atoms with Crippen LogP contribution in [0.5, 0.6) is 0 Å². The van der Waals surface area contributed by atoms with Gasteiger partial charge in [0, 0.05) is 43.7 Å². The third kappa shape index (κ3) is 6.66. The number of benzene rings is 2. The number of amides is 3. The number of carbonyl (C=O) groups is 2. The first-order chi connectivity index (χ1) is 17.2. The predicted octanol–water partition coefficient (Wildman–Crippen LogP) is 4.95. The average Bonchev–Trinajstić information content (AvgIpc) is 2.87. The maximum atomic E-state index is 13.4. The highest BCUT2D eigenvalue weighted by atomic mass is 19.4. The van der Waals surface area contributed by atoms with Crippen LogP contribution in [0.3, 0.4) is 0 Å². The minimum absolute atomic E-state index is 0.00876. The largest absolute Gasteiger partial charge is 0.449 e. The van der Waals surface area contributed by atoms with Gasteiger partial charge in [0.15, 0.2) is 0 Å². The summed E-state index contributed by atoms with van der Waals surface area (Å²) >= 11 is 0. The van der Waals surface area contributed by atoms with Crippen LogP contribution < -0.4 is 5.32 Å². The van der Waals surface area contributed by atoms with E-state index in [2.05, 4.69) is 5.32 Å². The lowest BCUT2D eigenvalue weighted by Gasteiger charge is -2.41. The number of piperidine rings is 1. The second-order valence-corrected chi connectivity index (χ2v) is 8.94. The number of nitrogens with zero attached hydrogens (tertiary/aromatic N) is 2. The van der Waals surface area contributed by atoms with Crippen LogP contribution in [0, 0.1) is 11.7 Å². The molecular formula is C25H27F4N3O4. The van der Waals surface area contributed by atoms with Gasteiger partial charge in [0.25, 0.3) is 0 Å². The smallest absolute Gasteiger partial charge is 0.416 e. The Bertz CT molecular complexity index is 1060. The number of nitrogens with one attached hydrogen (secondary N) is 1. The average molecular weight is 510 g/mol. The van der Waals surface area contributed by atoms with E-state index in [-0.39, 0.29) is 30.2 Å². The number of rotatable bonds is 4. The molecule has 0 saturated carbocycles. The summed E-state index contributed by atoms with van der Waals surface area (Å²) in [5.74, 6) is -0.975. The lowest BCUT2D eigenvalue weighted by atomic mass is 9.84. The second kappa shape index (κ2) is 11.2. The molecule has 0 aliphatic carbocycles. The molecule has 2 unspecified atom stereocenters. The van der Waals surface area contributed by atoms with Crippen LogP contribution in [0.15, 0.2) is 48.5 Å². The standard InChI is InChI=1S/C25H27F4N3O4/c26-21-2-1-3-22(13-21)30-23(33)36-16-17-12-19(18-4-6-20(7-5-18)25(27,28)29)15-32(14-17)24(34)31-8-10-35-11-9-31/h1-7,13,17,19H,8-12,14-16H2,(H,30,33). The van der Waals surface area contributed by atoms with Crippen LogP contribution in [-0.2, 0) is 15.7 Å². The first-order valence-electron chi connectivity index (χ1n) is 11.7. The Morgan fingerprint density at radius 1 is 1.03 bits per heavy atom. The lowest BCUT2D eigenvalue weighted by molar-refractivity contribution is -0.137. The number of likely N-dealkylation sites (tertiary alicyclic amines) is 1. The van der Waals surface area contributed by atoms with Gasteiger partial charge in [0.05, 0.1) is 25.4 Å². The van der Waals surface area contributed by atoms with E-state index in [4.69, 9.17) is 9.47 Å². The molecule has 1 N–H and O–H groups in total. The number of ether oxygens (including phenoxy) is 2. The third-order valence-electron chi connectivity index (χ3n) is 6.32. The molecule has 2 aromatic carbocycles. The van der Waals surface area contributed by atoms with Crippen molar-refractivity contribution in [3.8, 4) is 0 Å². The number of anilines is 1. The maximum Gasteiger partial charge on any atom is 0.416 e. The van der Waals surface area contributed by atoms with E-state index >= 15 is 0 Å². The Labute approximate surface area is 206 Å². The summed E-state index contributed by atoms with van der Waals surface area (Å²) in [6, 6.07) is 10.2. The maximum absolute atomic E-state index is 13.4. The van der Waals surface area contributed by atoms with Crippen molar-refractivity contribution in [2.45, 2.75) is 18.5 Å². The third-order valence-corrected chi connectivity index (χ3v) is 6.32. The Hall–Kier alpha value is -3.34. The van der Waals surface area contributed by atoms with Crippen LogP contribution in [0.4, 0.5) is 32.8 Å². The molecule has 2 aliphatic heterocycles.